The zero-order valence-corrected chi connectivity index (χ0v) is 14.1. The molecule has 0 bridgehead atoms. The minimum absolute atomic E-state index is 0.293. The molecular formula is C20H22N2O3. The molecule has 5 nitrogen and oxygen atoms in total. The zero-order valence-electron chi connectivity index (χ0n) is 14.1. The maximum Gasteiger partial charge on any atom is 0.248 e. The third kappa shape index (κ3) is 5.90. The molecule has 4 N–H and O–H groups in total. The van der Waals surface area contributed by atoms with Gasteiger partial charge in [0.15, 0.2) is 0 Å². The van der Waals surface area contributed by atoms with Gasteiger partial charge in [0.2, 0.25) is 11.8 Å². The van der Waals surface area contributed by atoms with Crippen molar-refractivity contribution < 1.29 is 14.7 Å². The van der Waals surface area contributed by atoms with Crippen LogP contribution in [0.25, 0.3) is 6.08 Å². The average Bonchev–Trinajstić information content (AvgIpc) is 2.61. The quantitative estimate of drug-likeness (QED) is 0.673. The monoisotopic (exact) mass is 338 g/mol. The summed E-state index contributed by atoms with van der Waals surface area (Å²) in [4.78, 5) is 23.0. The lowest BCUT2D eigenvalue weighted by molar-refractivity contribution is -0.117. The van der Waals surface area contributed by atoms with Crippen molar-refractivity contribution in [3.8, 4) is 0 Å². The number of carbonyl (C=O) groups is 2. The van der Waals surface area contributed by atoms with E-state index in [0.29, 0.717) is 12.0 Å². The number of hydrogen-bond donors (Lipinski definition) is 3. The van der Waals surface area contributed by atoms with Gasteiger partial charge in [-0.3, -0.25) is 9.59 Å². The molecule has 0 spiro atoms. The van der Waals surface area contributed by atoms with Gasteiger partial charge >= 0.3 is 0 Å². The van der Waals surface area contributed by atoms with Gasteiger partial charge in [-0.1, -0.05) is 42.5 Å². The highest BCUT2D eigenvalue weighted by molar-refractivity contribution is 5.94. The fourth-order valence-corrected chi connectivity index (χ4v) is 2.33. The first-order chi connectivity index (χ1) is 12.0. The van der Waals surface area contributed by atoms with Crippen molar-refractivity contribution in [3.05, 3.63) is 77.4 Å². The van der Waals surface area contributed by atoms with Gasteiger partial charge in [0.1, 0.15) is 0 Å². The van der Waals surface area contributed by atoms with Gasteiger partial charge in [-0.25, -0.2) is 0 Å². The summed E-state index contributed by atoms with van der Waals surface area (Å²) in [6.45, 7) is 1.76. The second kappa shape index (κ2) is 8.80. The van der Waals surface area contributed by atoms with Crippen LogP contribution in [0.4, 0.5) is 0 Å². The number of aliphatic hydroxyl groups excluding tert-OH is 1. The fraction of sp³-hybridized carbons (Fsp3) is 0.200. The van der Waals surface area contributed by atoms with Gasteiger partial charge in [-0.2, -0.15) is 0 Å². The molecule has 0 radical (unpaired) electrons. The van der Waals surface area contributed by atoms with Crippen LogP contribution in [0.2, 0.25) is 0 Å². The Morgan fingerprint density at radius 2 is 1.76 bits per heavy atom. The lowest BCUT2D eigenvalue weighted by Gasteiger charge is -2.19. The van der Waals surface area contributed by atoms with Gasteiger partial charge < -0.3 is 16.2 Å². The number of hydrogen-bond acceptors (Lipinski definition) is 3. The number of nitrogens with one attached hydrogen (secondary N) is 1. The van der Waals surface area contributed by atoms with Crippen molar-refractivity contribution in [1.29, 1.82) is 0 Å². The van der Waals surface area contributed by atoms with Crippen molar-refractivity contribution in [2.45, 2.75) is 25.5 Å². The molecule has 5 heteroatoms. The molecule has 0 aromatic heterocycles. The van der Waals surface area contributed by atoms with Crippen molar-refractivity contribution >= 4 is 17.9 Å². The number of carbonyl (C=O) groups excluding carboxylic acids is 2. The molecule has 0 saturated heterocycles. The first-order valence-corrected chi connectivity index (χ1v) is 8.06. The summed E-state index contributed by atoms with van der Waals surface area (Å²) >= 11 is 0. The van der Waals surface area contributed by atoms with E-state index >= 15 is 0 Å². The van der Waals surface area contributed by atoms with E-state index in [2.05, 4.69) is 5.32 Å². The smallest absolute Gasteiger partial charge is 0.248 e. The molecule has 2 aromatic rings. The van der Waals surface area contributed by atoms with E-state index in [-0.39, 0.29) is 11.9 Å². The molecule has 2 rings (SSSR count). The van der Waals surface area contributed by atoms with Crippen LogP contribution in [0.1, 0.15) is 28.4 Å². The van der Waals surface area contributed by atoms with E-state index in [1.165, 1.54) is 6.08 Å². The van der Waals surface area contributed by atoms with E-state index < -0.39 is 12.0 Å². The number of benzene rings is 2. The molecule has 0 heterocycles. The third-order valence-electron chi connectivity index (χ3n) is 3.86. The first kappa shape index (κ1) is 18.4. The van der Waals surface area contributed by atoms with Crippen molar-refractivity contribution in [2.75, 3.05) is 0 Å². The number of rotatable bonds is 7. The van der Waals surface area contributed by atoms with Crippen molar-refractivity contribution in [1.82, 2.24) is 5.32 Å². The summed E-state index contributed by atoms with van der Waals surface area (Å²) in [5.74, 6) is -0.784. The molecule has 0 fully saturated rings. The fourth-order valence-electron chi connectivity index (χ4n) is 2.33. The normalized spacial score (nSPS) is 13.4. The number of nitrogens with two attached hydrogens (primary N) is 1. The van der Waals surface area contributed by atoms with Gasteiger partial charge in [0, 0.05) is 18.1 Å². The third-order valence-corrected chi connectivity index (χ3v) is 3.86. The van der Waals surface area contributed by atoms with E-state index in [1.807, 2.05) is 30.3 Å². The van der Waals surface area contributed by atoms with E-state index in [9.17, 15) is 14.7 Å². The minimum atomic E-state index is -0.672. The highest BCUT2D eigenvalue weighted by Crippen LogP contribution is 2.07. The average molecular weight is 338 g/mol. The highest BCUT2D eigenvalue weighted by atomic mass is 16.3. The van der Waals surface area contributed by atoms with Crippen LogP contribution < -0.4 is 11.1 Å². The second-order valence-electron chi connectivity index (χ2n) is 5.87. The molecule has 2 amide bonds. The molecule has 0 aliphatic carbocycles. The summed E-state index contributed by atoms with van der Waals surface area (Å²) in [6.07, 6.45) is 2.83. The van der Waals surface area contributed by atoms with Crippen LogP contribution in [-0.2, 0) is 11.2 Å². The topological polar surface area (TPSA) is 92.4 Å². The predicted octanol–water partition coefficient (Wildman–Crippen LogP) is 1.91. The van der Waals surface area contributed by atoms with E-state index in [4.69, 9.17) is 5.73 Å². The molecule has 2 unspecified atom stereocenters. The van der Waals surface area contributed by atoms with Crippen LogP contribution >= 0.6 is 0 Å². The summed E-state index contributed by atoms with van der Waals surface area (Å²) in [5.41, 5.74) is 7.39. The van der Waals surface area contributed by atoms with Crippen LogP contribution in [-0.4, -0.2) is 29.1 Å². The van der Waals surface area contributed by atoms with Crippen molar-refractivity contribution in [2.24, 2.45) is 5.73 Å². The standard InChI is InChI=1S/C20H22N2O3/c1-14(18(23)13-16-5-3-2-4-6-16)22-19(24)12-9-15-7-10-17(11-8-15)20(21)25/h2-12,14,18,23H,13H2,1H3,(H2,21,25)(H,22,24)/b12-9+. The Balaban J connectivity index is 1.86. The van der Waals surface area contributed by atoms with Gasteiger partial charge in [-0.05, 0) is 36.3 Å². The molecule has 2 aromatic carbocycles. The Labute approximate surface area is 147 Å². The van der Waals surface area contributed by atoms with E-state index in [1.54, 1.807) is 37.3 Å². The molecule has 25 heavy (non-hydrogen) atoms. The van der Waals surface area contributed by atoms with E-state index in [0.717, 1.165) is 11.1 Å². The Morgan fingerprint density at radius 1 is 1.12 bits per heavy atom. The zero-order chi connectivity index (χ0) is 18.2. The van der Waals surface area contributed by atoms with Gasteiger partial charge in [0.25, 0.3) is 0 Å². The number of primary amides is 1. The number of aliphatic hydroxyl groups is 1. The molecule has 0 saturated carbocycles. The van der Waals surface area contributed by atoms with Crippen LogP contribution in [0, 0.1) is 0 Å². The van der Waals surface area contributed by atoms with Crippen LogP contribution in [0.5, 0.6) is 0 Å². The molecule has 0 aliphatic heterocycles. The Morgan fingerprint density at radius 3 is 2.36 bits per heavy atom. The van der Waals surface area contributed by atoms with Gasteiger partial charge in [0.05, 0.1) is 12.1 Å². The lowest BCUT2D eigenvalue weighted by Crippen LogP contribution is -2.41. The summed E-state index contributed by atoms with van der Waals surface area (Å²) in [6, 6.07) is 15.9. The summed E-state index contributed by atoms with van der Waals surface area (Å²) in [7, 11) is 0. The predicted molar refractivity (Wildman–Crippen MR) is 97.8 cm³/mol. The summed E-state index contributed by atoms with van der Waals surface area (Å²) in [5, 5.41) is 13.0. The van der Waals surface area contributed by atoms with Crippen molar-refractivity contribution in [3.63, 3.8) is 0 Å². The molecular weight excluding hydrogens is 316 g/mol. The molecule has 0 aliphatic rings. The molecule has 2 atom stereocenters. The maximum atomic E-state index is 12.0. The maximum absolute atomic E-state index is 12.0. The highest BCUT2D eigenvalue weighted by Gasteiger charge is 2.15. The number of amides is 2. The largest absolute Gasteiger partial charge is 0.391 e. The Hall–Kier alpha value is -2.92. The van der Waals surface area contributed by atoms with Crippen LogP contribution in [0.3, 0.4) is 0 Å². The first-order valence-electron chi connectivity index (χ1n) is 8.06. The minimum Gasteiger partial charge on any atom is -0.391 e. The summed E-state index contributed by atoms with van der Waals surface area (Å²) < 4.78 is 0. The van der Waals surface area contributed by atoms with Crippen LogP contribution in [0.15, 0.2) is 60.7 Å². The molecule has 130 valence electrons. The van der Waals surface area contributed by atoms with Gasteiger partial charge in [-0.15, -0.1) is 0 Å². The Bertz CT molecular complexity index is 739. The second-order valence-corrected chi connectivity index (χ2v) is 5.87. The SMILES string of the molecule is CC(NC(=O)/C=C/c1ccc(C(N)=O)cc1)C(O)Cc1ccccc1. The lowest BCUT2D eigenvalue weighted by atomic mass is 10.0. The Kier molecular flexibility index (Phi) is 6.48.